The van der Waals surface area contributed by atoms with Gasteiger partial charge >= 0.3 is 5.97 Å². The highest BCUT2D eigenvalue weighted by atomic mass is 32.2. The number of fused-ring (bicyclic) bond motifs is 1. The number of hydrogen-bond acceptors (Lipinski definition) is 6. The van der Waals surface area contributed by atoms with Crippen molar-refractivity contribution in [1.29, 1.82) is 0 Å². The first-order valence-electron chi connectivity index (χ1n) is 9.25. The molecular formula is C21H19N3O4S. The van der Waals surface area contributed by atoms with Crippen LogP contribution < -0.4 is 5.32 Å². The van der Waals surface area contributed by atoms with Crippen molar-refractivity contribution in [3.8, 4) is 0 Å². The molecule has 1 atom stereocenters. The van der Waals surface area contributed by atoms with Gasteiger partial charge in [0.05, 0.1) is 29.6 Å². The van der Waals surface area contributed by atoms with Crippen LogP contribution in [-0.2, 0) is 19.1 Å². The smallest absolute Gasteiger partial charge is 0.307 e. The van der Waals surface area contributed by atoms with Crippen LogP contribution in [0.5, 0.6) is 0 Å². The summed E-state index contributed by atoms with van der Waals surface area (Å²) in [5.41, 5.74) is 2.54. The minimum Gasteiger partial charge on any atom is -0.455 e. The van der Waals surface area contributed by atoms with E-state index in [4.69, 9.17) is 4.74 Å². The van der Waals surface area contributed by atoms with Gasteiger partial charge in [-0.1, -0.05) is 42.5 Å². The lowest BCUT2D eigenvalue weighted by Crippen LogP contribution is -2.33. The molecule has 2 amide bonds. The molecule has 148 valence electrons. The summed E-state index contributed by atoms with van der Waals surface area (Å²) in [7, 11) is 0. The van der Waals surface area contributed by atoms with Crippen molar-refractivity contribution < 1.29 is 19.1 Å². The molecule has 4 rings (SSSR count). The molecule has 0 aliphatic carbocycles. The lowest BCUT2D eigenvalue weighted by atomic mass is 10.1. The molecule has 0 aromatic heterocycles. The van der Waals surface area contributed by atoms with Crippen molar-refractivity contribution in [3.05, 3.63) is 60.2 Å². The van der Waals surface area contributed by atoms with E-state index in [1.807, 2.05) is 54.6 Å². The Kier molecular flexibility index (Phi) is 5.62. The molecule has 0 spiro atoms. The predicted octanol–water partition coefficient (Wildman–Crippen LogP) is 2.67. The lowest BCUT2D eigenvalue weighted by molar-refractivity contribution is -0.152. The normalized spacial score (nSPS) is 17.9. The number of esters is 1. The van der Waals surface area contributed by atoms with Gasteiger partial charge in [0.25, 0.3) is 5.91 Å². The third-order valence-corrected chi connectivity index (χ3v) is 5.89. The maximum Gasteiger partial charge on any atom is 0.307 e. The maximum absolute atomic E-state index is 12.3. The summed E-state index contributed by atoms with van der Waals surface area (Å²) < 4.78 is 5.10. The van der Waals surface area contributed by atoms with Gasteiger partial charge < -0.3 is 10.1 Å². The average Bonchev–Trinajstić information content (AvgIpc) is 3.24. The SMILES string of the molecule is O=C(C[C@H]1Sc2ccccc2NC1=O)OCC(=O)N1CCC(c2ccccc2)=N1. The first-order chi connectivity index (χ1) is 14.1. The molecule has 0 saturated carbocycles. The Morgan fingerprint density at radius 1 is 1.14 bits per heavy atom. The summed E-state index contributed by atoms with van der Waals surface area (Å²) in [4.78, 5) is 37.5. The maximum atomic E-state index is 12.3. The van der Waals surface area contributed by atoms with Gasteiger partial charge in [0.1, 0.15) is 0 Å². The lowest BCUT2D eigenvalue weighted by Gasteiger charge is -2.23. The third kappa shape index (κ3) is 4.48. The summed E-state index contributed by atoms with van der Waals surface area (Å²) in [5, 5.41) is 7.86. The van der Waals surface area contributed by atoms with Gasteiger partial charge in [0.15, 0.2) is 6.61 Å². The van der Waals surface area contributed by atoms with Crippen molar-refractivity contribution >= 4 is 40.9 Å². The number of carbonyl (C=O) groups is 3. The molecule has 8 heteroatoms. The molecule has 0 fully saturated rings. The fourth-order valence-electron chi connectivity index (χ4n) is 3.12. The molecule has 0 radical (unpaired) electrons. The zero-order valence-corrected chi connectivity index (χ0v) is 16.4. The first kappa shape index (κ1) is 19.2. The number of nitrogens with one attached hydrogen (secondary N) is 1. The number of nitrogens with zero attached hydrogens (tertiary/aromatic N) is 2. The van der Waals surface area contributed by atoms with Gasteiger partial charge in [-0.15, -0.1) is 11.8 Å². The summed E-state index contributed by atoms with van der Waals surface area (Å²) >= 11 is 1.32. The van der Waals surface area contributed by atoms with E-state index in [9.17, 15) is 14.4 Å². The molecule has 2 aliphatic rings. The van der Waals surface area contributed by atoms with Crippen LogP contribution in [0.3, 0.4) is 0 Å². The number of amides is 2. The fourth-order valence-corrected chi connectivity index (χ4v) is 4.22. The zero-order chi connectivity index (χ0) is 20.2. The minimum atomic E-state index is -0.586. The molecule has 0 saturated heterocycles. The summed E-state index contributed by atoms with van der Waals surface area (Å²) in [6.45, 7) is 0.0677. The Morgan fingerprint density at radius 3 is 2.72 bits per heavy atom. The predicted molar refractivity (Wildman–Crippen MR) is 110 cm³/mol. The van der Waals surface area contributed by atoms with Crippen molar-refractivity contribution in [2.45, 2.75) is 23.0 Å². The molecule has 29 heavy (non-hydrogen) atoms. The second-order valence-electron chi connectivity index (χ2n) is 6.64. The number of para-hydroxylation sites is 1. The number of thioether (sulfide) groups is 1. The third-order valence-electron chi connectivity index (χ3n) is 4.61. The van der Waals surface area contributed by atoms with Gasteiger partial charge in [-0.3, -0.25) is 14.4 Å². The Balaban J connectivity index is 1.28. The molecule has 2 aliphatic heterocycles. The molecule has 2 heterocycles. The number of hydrazone groups is 1. The van der Waals surface area contributed by atoms with Gasteiger partial charge in [0.2, 0.25) is 5.91 Å². The van der Waals surface area contributed by atoms with E-state index < -0.39 is 11.2 Å². The van der Waals surface area contributed by atoms with Gasteiger partial charge in [-0.2, -0.15) is 5.10 Å². The quantitative estimate of drug-likeness (QED) is 0.767. The Bertz CT molecular complexity index is 977. The highest BCUT2D eigenvalue weighted by Crippen LogP contribution is 2.36. The Morgan fingerprint density at radius 2 is 1.90 bits per heavy atom. The summed E-state index contributed by atoms with van der Waals surface area (Å²) in [6, 6.07) is 17.1. The van der Waals surface area contributed by atoms with E-state index in [0.717, 1.165) is 21.9 Å². The van der Waals surface area contributed by atoms with Crippen molar-refractivity contribution in [2.24, 2.45) is 5.10 Å². The standard InChI is InChI=1S/C21H19N3O4S/c25-19(24-11-10-15(23-24)14-6-2-1-3-7-14)13-28-20(26)12-18-21(27)22-16-8-4-5-9-17(16)29-18/h1-9,18H,10-13H2,(H,22,27)/t18-/m1/s1. The average molecular weight is 409 g/mol. The van der Waals surface area contributed by atoms with Crippen LogP contribution in [0.1, 0.15) is 18.4 Å². The topological polar surface area (TPSA) is 88.1 Å². The summed E-state index contributed by atoms with van der Waals surface area (Å²) in [6.07, 6.45) is 0.554. The van der Waals surface area contributed by atoms with E-state index >= 15 is 0 Å². The van der Waals surface area contributed by atoms with E-state index in [0.29, 0.717) is 13.0 Å². The van der Waals surface area contributed by atoms with Crippen LogP contribution in [0.15, 0.2) is 64.6 Å². The number of carbonyl (C=O) groups excluding carboxylic acids is 3. The van der Waals surface area contributed by atoms with Crippen LogP contribution in [0.4, 0.5) is 5.69 Å². The molecule has 0 unspecified atom stereocenters. The highest BCUT2D eigenvalue weighted by Gasteiger charge is 2.30. The second kappa shape index (κ2) is 8.48. The number of rotatable bonds is 5. The zero-order valence-electron chi connectivity index (χ0n) is 15.5. The largest absolute Gasteiger partial charge is 0.455 e. The summed E-state index contributed by atoms with van der Waals surface area (Å²) in [5.74, 6) is -1.21. The van der Waals surface area contributed by atoms with Crippen LogP contribution >= 0.6 is 11.8 Å². The van der Waals surface area contributed by atoms with E-state index in [1.165, 1.54) is 16.8 Å². The molecule has 1 N–H and O–H groups in total. The van der Waals surface area contributed by atoms with E-state index in [-0.39, 0.29) is 24.8 Å². The Hall–Kier alpha value is -3.13. The van der Waals surface area contributed by atoms with Gasteiger partial charge in [-0.25, -0.2) is 5.01 Å². The molecule has 0 bridgehead atoms. The van der Waals surface area contributed by atoms with Crippen LogP contribution in [0, 0.1) is 0 Å². The number of benzene rings is 2. The van der Waals surface area contributed by atoms with Crippen molar-refractivity contribution in [3.63, 3.8) is 0 Å². The first-order valence-corrected chi connectivity index (χ1v) is 10.1. The number of anilines is 1. The minimum absolute atomic E-state index is 0.101. The number of hydrogen-bond donors (Lipinski definition) is 1. The van der Waals surface area contributed by atoms with Crippen LogP contribution in [-0.4, -0.2) is 46.9 Å². The van der Waals surface area contributed by atoms with Crippen molar-refractivity contribution in [2.75, 3.05) is 18.5 Å². The van der Waals surface area contributed by atoms with Crippen LogP contribution in [0.2, 0.25) is 0 Å². The fraction of sp³-hybridized carbons (Fsp3) is 0.238. The molecular weight excluding hydrogens is 390 g/mol. The Labute approximate surface area is 172 Å². The molecule has 7 nitrogen and oxygen atoms in total. The monoisotopic (exact) mass is 409 g/mol. The highest BCUT2D eigenvalue weighted by molar-refractivity contribution is 8.01. The molecule has 2 aromatic rings. The number of ether oxygens (including phenoxy) is 1. The molecule has 2 aromatic carbocycles. The van der Waals surface area contributed by atoms with E-state index in [1.54, 1.807) is 0 Å². The van der Waals surface area contributed by atoms with E-state index in [2.05, 4.69) is 10.4 Å². The van der Waals surface area contributed by atoms with Gasteiger partial charge in [-0.05, 0) is 17.7 Å². The van der Waals surface area contributed by atoms with Crippen molar-refractivity contribution in [1.82, 2.24) is 5.01 Å². The second-order valence-corrected chi connectivity index (χ2v) is 7.88. The van der Waals surface area contributed by atoms with Gasteiger partial charge in [0, 0.05) is 11.3 Å². The van der Waals surface area contributed by atoms with Crippen LogP contribution in [0.25, 0.3) is 0 Å².